The number of allylic oxidation sites excluding steroid dienone is 2. The van der Waals surface area contributed by atoms with Gasteiger partial charge in [0.15, 0.2) is 0 Å². The number of aryl methyl sites for hydroxylation is 1. The predicted octanol–water partition coefficient (Wildman–Crippen LogP) is 9.56. The van der Waals surface area contributed by atoms with Gasteiger partial charge in [-0.05, 0) is 122 Å². The van der Waals surface area contributed by atoms with Crippen molar-refractivity contribution in [2.24, 2.45) is 50.2 Å². The zero-order chi connectivity index (χ0) is 31.9. The van der Waals surface area contributed by atoms with E-state index in [1.807, 2.05) is 0 Å². The number of rotatable bonds is 5. The van der Waals surface area contributed by atoms with Gasteiger partial charge in [0, 0.05) is 11.8 Å². The first-order chi connectivity index (χ1) is 20.5. The molecule has 1 N–H and O–H groups in total. The lowest BCUT2D eigenvalue weighted by atomic mass is 9.33. The second kappa shape index (κ2) is 10.4. The van der Waals surface area contributed by atoms with E-state index in [2.05, 4.69) is 54.5 Å². The number of ether oxygens (including phenoxy) is 1. The summed E-state index contributed by atoms with van der Waals surface area (Å²) >= 11 is 0. The van der Waals surface area contributed by atoms with Crippen LogP contribution in [0.25, 0.3) is 0 Å². The Morgan fingerprint density at radius 1 is 0.909 bits per heavy atom. The van der Waals surface area contributed by atoms with Gasteiger partial charge in [-0.3, -0.25) is 9.59 Å². The summed E-state index contributed by atoms with van der Waals surface area (Å²) in [5, 5.41) is 10.6. The van der Waals surface area contributed by atoms with E-state index < -0.39 is 11.4 Å². The van der Waals surface area contributed by atoms with Crippen LogP contribution in [0.15, 0.2) is 35.9 Å². The molecule has 1 aromatic rings. The lowest BCUT2D eigenvalue weighted by Gasteiger charge is -2.71. The number of benzene rings is 1. The van der Waals surface area contributed by atoms with Gasteiger partial charge < -0.3 is 9.84 Å². The van der Waals surface area contributed by atoms with Crippen molar-refractivity contribution < 1.29 is 23.8 Å². The molecule has 8 atom stereocenters. The average Bonchev–Trinajstić information content (AvgIpc) is 2.94. The molecule has 0 radical (unpaired) electrons. The summed E-state index contributed by atoms with van der Waals surface area (Å²) in [5.41, 5.74) is 1.65. The number of carbonyl (C=O) groups is 2. The van der Waals surface area contributed by atoms with Gasteiger partial charge in [0.05, 0.1) is 5.41 Å². The van der Waals surface area contributed by atoms with Crippen LogP contribution in [-0.2, 0) is 20.7 Å². The molecule has 5 heteroatoms. The number of carboxylic acid groups (broad SMARTS) is 1. The summed E-state index contributed by atoms with van der Waals surface area (Å²) in [5.74, 6) is -0.00739. The second-order valence-corrected chi connectivity index (χ2v) is 17.6. The molecule has 0 heterocycles. The van der Waals surface area contributed by atoms with Gasteiger partial charge in [-0.1, -0.05) is 78.3 Å². The van der Waals surface area contributed by atoms with Crippen molar-refractivity contribution in [1.82, 2.24) is 0 Å². The molecule has 4 nitrogen and oxygen atoms in total. The van der Waals surface area contributed by atoms with E-state index in [9.17, 15) is 19.1 Å². The summed E-state index contributed by atoms with van der Waals surface area (Å²) in [7, 11) is 0. The molecule has 0 aromatic heterocycles. The van der Waals surface area contributed by atoms with Crippen molar-refractivity contribution >= 4 is 11.9 Å². The summed E-state index contributed by atoms with van der Waals surface area (Å²) in [6.07, 6.45) is 12.6. The molecule has 44 heavy (non-hydrogen) atoms. The molecule has 1 aromatic carbocycles. The fourth-order valence-electron chi connectivity index (χ4n) is 12.0. The van der Waals surface area contributed by atoms with Crippen molar-refractivity contribution in [1.29, 1.82) is 0 Å². The normalized spacial score (nSPS) is 42.0. The highest BCUT2D eigenvalue weighted by Crippen LogP contribution is 2.75. The Kier molecular flexibility index (Phi) is 7.53. The maximum atomic E-state index is 14.1. The van der Waals surface area contributed by atoms with Crippen molar-refractivity contribution in [2.45, 2.75) is 132 Å². The van der Waals surface area contributed by atoms with Gasteiger partial charge in [-0.2, -0.15) is 0 Å². The predicted molar refractivity (Wildman–Crippen MR) is 171 cm³/mol. The molecule has 0 aliphatic heterocycles. The maximum absolute atomic E-state index is 14.1. The monoisotopic (exact) mass is 606 g/mol. The van der Waals surface area contributed by atoms with Crippen LogP contribution in [0.2, 0.25) is 0 Å². The lowest BCUT2D eigenvalue weighted by Crippen LogP contribution is -2.65. The number of halogens is 1. The van der Waals surface area contributed by atoms with Gasteiger partial charge >= 0.3 is 11.9 Å². The highest BCUT2D eigenvalue weighted by atomic mass is 19.1. The van der Waals surface area contributed by atoms with Crippen LogP contribution in [0, 0.1) is 56.1 Å². The standard InChI is InChI=1S/C39H55FO4/c1-34(2)20-22-39(33(42)43)23-21-37(6)26(27(39)24-34)13-14-30-36(5)18-17-31(35(3,4)29(36)16-19-38(30,37)7)44-32(41)15-12-25-10-8-9-11-28(25)40/h8-11,13,27,29-31H,12,14-24H2,1-7H3,(H,42,43)/t27-,29?,30+,31-,36-,37+,38+,39-/m0/s1. The van der Waals surface area contributed by atoms with Crippen molar-refractivity contribution in [3.05, 3.63) is 47.3 Å². The highest BCUT2D eigenvalue weighted by molar-refractivity contribution is 5.76. The minimum Gasteiger partial charge on any atom is -0.481 e. The minimum atomic E-state index is -0.610. The van der Waals surface area contributed by atoms with Crippen molar-refractivity contribution in [3.63, 3.8) is 0 Å². The second-order valence-electron chi connectivity index (χ2n) is 17.6. The first kappa shape index (κ1) is 31.8. The van der Waals surface area contributed by atoms with Gasteiger partial charge in [0.25, 0.3) is 0 Å². The van der Waals surface area contributed by atoms with E-state index >= 15 is 0 Å². The van der Waals surface area contributed by atoms with Crippen LogP contribution in [0.1, 0.15) is 125 Å². The van der Waals surface area contributed by atoms with Gasteiger partial charge in [-0.15, -0.1) is 0 Å². The molecule has 4 fully saturated rings. The van der Waals surface area contributed by atoms with Crippen LogP contribution >= 0.6 is 0 Å². The first-order valence-electron chi connectivity index (χ1n) is 17.4. The molecule has 0 amide bonds. The molecular weight excluding hydrogens is 551 g/mol. The fraction of sp³-hybridized carbons (Fsp3) is 0.744. The summed E-state index contributed by atoms with van der Waals surface area (Å²) in [4.78, 5) is 26.0. The summed E-state index contributed by atoms with van der Waals surface area (Å²) in [6, 6.07) is 6.66. The number of hydrogen-bond donors (Lipinski definition) is 1. The van der Waals surface area contributed by atoms with E-state index in [-0.39, 0.29) is 57.3 Å². The Hall–Kier alpha value is -2.17. The van der Waals surface area contributed by atoms with Gasteiger partial charge in [-0.25, -0.2) is 4.39 Å². The Labute approximate surface area is 264 Å². The molecule has 0 saturated heterocycles. The molecule has 0 bridgehead atoms. The number of esters is 1. The molecule has 6 rings (SSSR count). The number of aliphatic carboxylic acids is 1. The number of carbonyl (C=O) groups excluding carboxylic acids is 1. The van der Waals surface area contributed by atoms with E-state index in [1.54, 1.807) is 18.2 Å². The molecule has 5 aliphatic carbocycles. The Balaban J connectivity index is 1.24. The molecule has 4 saturated carbocycles. The van der Waals surface area contributed by atoms with Crippen molar-refractivity contribution in [2.75, 3.05) is 0 Å². The third kappa shape index (κ3) is 4.55. The van der Waals surface area contributed by atoms with E-state index in [1.165, 1.54) is 11.6 Å². The smallest absolute Gasteiger partial charge is 0.310 e. The fourth-order valence-corrected chi connectivity index (χ4v) is 12.0. The lowest BCUT2D eigenvalue weighted by molar-refractivity contribution is -0.213. The molecular formula is C39H55FO4. The van der Waals surface area contributed by atoms with Crippen molar-refractivity contribution in [3.8, 4) is 0 Å². The Bertz CT molecular complexity index is 1360. The average molecular weight is 607 g/mol. The Morgan fingerprint density at radius 2 is 1.61 bits per heavy atom. The summed E-state index contributed by atoms with van der Waals surface area (Å²) < 4.78 is 20.3. The first-order valence-corrected chi connectivity index (χ1v) is 17.4. The van der Waals surface area contributed by atoms with Crippen LogP contribution in [-0.4, -0.2) is 23.1 Å². The maximum Gasteiger partial charge on any atom is 0.310 e. The summed E-state index contributed by atoms with van der Waals surface area (Å²) in [6.45, 7) is 16.9. The Morgan fingerprint density at radius 3 is 2.32 bits per heavy atom. The van der Waals surface area contributed by atoms with E-state index in [0.29, 0.717) is 23.8 Å². The third-order valence-electron chi connectivity index (χ3n) is 14.8. The van der Waals surface area contributed by atoms with Crippen LogP contribution < -0.4 is 0 Å². The molecule has 5 aliphatic rings. The van der Waals surface area contributed by atoms with Crippen LogP contribution in [0.5, 0.6) is 0 Å². The van der Waals surface area contributed by atoms with Crippen LogP contribution in [0.4, 0.5) is 4.39 Å². The minimum absolute atomic E-state index is 0.00109. The highest BCUT2D eigenvalue weighted by Gasteiger charge is 2.69. The van der Waals surface area contributed by atoms with E-state index in [0.717, 1.165) is 64.2 Å². The van der Waals surface area contributed by atoms with Gasteiger partial charge in [0.1, 0.15) is 11.9 Å². The number of hydrogen-bond acceptors (Lipinski definition) is 3. The topological polar surface area (TPSA) is 63.6 Å². The molecule has 1 unspecified atom stereocenters. The zero-order valence-electron chi connectivity index (χ0n) is 28.2. The SMILES string of the molecule is CC1(C)CC[C@]2(C(=O)O)CC[C@]3(C)C(=CC[C@@H]4[C@@]5(C)CC[C@H](OC(=O)CCc6ccccc6F)C(C)(C)C5CC[C@]43C)[C@@H]2C1. The molecule has 0 spiro atoms. The molecule has 242 valence electrons. The third-order valence-corrected chi connectivity index (χ3v) is 14.8. The quantitative estimate of drug-likeness (QED) is 0.268. The van der Waals surface area contributed by atoms with Crippen LogP contribution in [0.3, 0.4) is 0 Å². The van der Waals surface area contributed by atoms with Gasteiger partial charge in [0.2, 0.25) is 0 Å². The number of fused-ring (bicyclic) bond motifs is 7. The van der Waals surface area contributed by atoms with E-state index in [4.69, 9.17) is 4.74 Å². The zero-order valence-corrected chi connectivity index (χ0v) is 28.2. The largest absolute Gasteiger partial charge is 0.481 e. The number of carboxylic acids is 1.